The number of aromatic nitrogens is 1. The van der Waals surface area contributed by atoms with Crippen LogP contribution < -0.4 is 0 Å². The quantitative estimate of drug-likeness (QED) is 0.224. The summed E-state index contributed by atoms with van der Waals surface area (Å²) in [5.74, 6) is 0.643. The lowest BCUT2D eigenvalue weighted by atomic mass is 9.94. The van der Waals surface area contributed by atoms with Gasteiger partial charge in [0.05, 0.1) is 19.8 Å². The molecule has 0 amide bonds. The average Bonchev–Trinajstić information content (AvgIpc) is 2.82. The maximum atomic E-state index is 13.0. The number of hydrogen-bond acceptors (Lipinski definition) is 8. The zero-order valence-corrected chi connectivity index (χ0v) is 21.4. The van der Waals surface area contributed by atoms with E-state index in [0.29, 0.717) is 25.0 Å². The first kappa shape index (κ1) is 27.6. The second kappa shape index (κ2) is 14.6. The van der Waals surface area contributed by atoms with Gasteiger partial charge in [-0.25, -0.2) is 9.59 Å². The average molecular weight is 481 g/mol. The van der Waals surface area contributed by atoms with Gasteiger partial charge in [0.25, 0.3) is 5.60 Å². The molecule has 1 aliphatic heterocycles. The molecule has 0 spiro atoms. The molecular weight excluding hydrogens is 440 g/mol. The lowest BCUT2D eigenvalue weighted by Crippen LogP contribution is -2.52. The second-order valence-electron chi connectivity index (χ2n) is 8.67. The number of carbonyl (C=O) groups is 2. The number of carbonyl (C=O) groups excluding carboxylic acids is 2. The summed E-state index contributed by atoms with van der Waals surface area (Å²) in [4.78, 5) is 32.6. The first-order valence-electron chi connectivity index (χ1n) is 12.1. The predicted octanol–water partition coefficient (Wildman–Crippen LogP) is 4.10. The van der Waals surface area contributed by atoms with Crippen LogP contribution in [0, 0.1) is 5.92 Å². The van der Waals surface area contributed by atoms with Crippen LogP contribution in [0.4, 0.5) is 0 Å². The van der Waals surface area contributed by atoms with Gasteiger partial charge in [0.1, 0.15) is 0 Å². The Balaban J connectivity index is 2.00. The molecule has 7 nitrogen and oxygen atoms in total. The van der Waals surface area contributed by atoms with E-state index in [0.717, 1.165) is 43.0 Å². The minimum absolute atomic E-state index is 0.186. The molecule has 2 heterocycles. The van der Waals surface area contributed by atoms with Crippen molar-refractivity contribution < 1.29 is 23.8 Å². The van der Waals surface area contributed by atoms with E-state index in [1.54, 1.807) is 31.8 Å². The highest BCUT2D eigenvalue weighted by molar-refractivity contribution is 7.98. The third-order valence-electron chi connectivity index (χ3n) is 5.96. The monoisotopic (exact) mass is 480 g/mol. The van der Waals surface area contributed by atoms with Crippen LogP contribution in [0.5, 0.6) is 0 Å². The summed E-state index contributed by atoms with van der Waals surface area (Å²) in [5, 5.41) is 0. The van der Waals surface area contributed by atoms with E-state index < -0.39 is 17.5 Å². The van der Waals surface area contributed by atoms with Crippen molar-refractivity contribution in [1.82, 2.24) is 9.88 Å². The Morgan fingerprint density at radius 1 is 1.18 bits per heavy atom. The third kappa shape index (κ3) is 8.58. The minimum Gasteiger partial charge on any atom is -0.463 e. The Morgan fingerprint density at radius 2 is 1.85 bits per heavy atom. The number of pyridine rings is 1. The molecule has 0 bridgehead atoms. The smallest absolute Gasteiger partial charge is 0.350 e. The number of esters is 2. The van der Waals surface area contributed by atoms with Crippen LogP contribution in [-0.4, -0.2) is 72.1 Å². The molecule has 186 valence electrons. The number of ether oxygens (including phenoxy) is 3. The predicted molar refractivity (Wildman–Crippen MR) is 131 cm³/mol. The standard InChI is InChI=1S/C25H40N2O5S/c1-5-30-23(28)25(24(29)31-6-2,12-8-16-33-19-22-9-7-13-26-17-22)32-18-21-10-14-27(15-11-21)20(3)4/h7,9,13,17,20-21H,5-6,8,10-12,14-16,18-19H2,1-4H3. The summed E-state index contributed by atoms with van der Waals surface area (Å²) in [6, 6.07) is 4.48. The summed E-state index contributed by atoms with van der Waals surface area (Å²) in [6.45, 7) is 10.6. The van der Waals surface area contributed by atoms with E-state index >= 15 is 0 Å². The van der Waals surface area contributed by atoms with Crippen LogP contribution in [0.15, 0.2) is 24.5 Å². The first-order valence-corrected chi connectivity index (χ1v) is 13.3. The number of likely N-dealkylation sites (tertiary alicyclic amines) is 1. The van der Waals surface area contributed by atoms with Crippen molar-refractivity contribution in [3.05, 3.63) is 30.1 Å². The molecule has 33 heavy (non-hydrogen) atoms. The highest BCUT2D eigenvalue weighted by atomic mass is 32.2. The molecule has 8 heteroatoms. The highest BCUT2D eigenvalue weighted by Crippen LogP contribution is 2.28. The number of hydrogen-bond donors (Lipinski definition) is 0. The fraction of sp³-hybridized carbons (Fsp3) is 0.720. The normalized spacial score (nSPS) is 15.5. The zero-order valence-electron chi connectivity index (χ0n) is 20.6. The Morgan fingerprint density at radius 3 is 2.39 bits per heavy atom. The van der Waals surface area contributed by atoms with Crippen LogP contribution in [0.25, 0.3) is 0 Å². The van der Waals surface area contributed by atoms with Gasteiger partial charge in [0, 0.05) is 24.2 Å². The van der Waals surface area contributed by atoms with E-state index in [-0.39, 0.29) is 19.6 Å². The molecule has 1 saturated heterocycles. The largest absolute Gasteiger partial charge is 0.463 e. The van der Waals surface area contributed by atoms with Crippen LogP contribution in [0.2, 0.25) is 0 Å². The molecule has 2 rings (SSSR count). The molecule has 0 N–H and O–H groups in total. The van der Waals surface area contributed by atoms with Crippen LogP contribution >= 0.6 is 11.8 Å². The fourth-order valence-corrected chi connectivity index (χ4v) is 4.86. The van der Waals surface area contributed by atoms with Gasteiger partial charge in [-0.05, 0) is 89.8 Å². The van der Waals surface area contributed by atoms with Gasteiger partial charge in [-0.2, -0.15) is 11.8 Å². The molecule has 1 aromatic rings. The van der Waals surface area contributed by atoms with E-state index in [2.05, 4.69) is 23.7 Å². The molecular formula is C25H40N2O5S. The lowest BCUT2D eigenvalue weighted by molar-refractivity contribution is -0.194. The first-order chi connectivity index (χ1) is 15.9. The van der Waals surface area contributed by atoms with Gasteiger partial charge < -0.3 is 19.1 Å². The van der Waals surface area contributed by atoms with Crippen molar-refractivity contribution in [3.8, 4) is 0 Å². The Labute approximate surface area is 202 Å². The highest BCUT2D eigenvalue weighted by Gasteiger charge is 2.50. The lowest BCUT2D eigenvalue weighted by Gasteiger charge is -2.36. The van der Waals surface area contributed by atoms with E-state index in [4.69, 9.17) is 14.2 Å². The number of rotatable bonds is 14. The van der Waals surface area contributed by atoms with Crippen molar-refractivity contribution >= 4 is 23.7 Å². The van der Waals surface area contributed by atoms with Crippen molar-refractivity contribution in [3.63, 3.8) is 0 Å². The van der Waals surface area contributed by atoms with Gasteiger partial charge in [0.15, 0.2) is 0 Å². The van der Waals surface area contributed by atoms with Crippen LogP contribution in [0.3, 0.4) is 0 Å². The summed E-state index contributed by atoms with van der Waals surface area (Å²) in [7, 11) is 0. The summed E-state index contributed by atoms with van der Waals surface area (Å²) >= 11 is 1.74. The SMILES string of the molecule is CCOC(=O)C(CCCSCc1cccnc1)(OCC1CCN(C(C)C)CC1)C(=O)OCC. The molecule has 1 aliphatic rings. The summed E-state index contributed by atoms with van der Waals surface area (Å²) in [5.41, 5.74) is -0.552. The van der Waals surface area contributed by atoms with Crippen LogP contribution in [-0.2, 0) is 29.6 Å². The Bertz CT molecular complexity index is 690. The Hall–Kier alpha value is -1.64. The Kier molecular flexibility index (Phi) is 12.2. The van der Waals surface area contributed by atoms with Gasteiger partial charge in [-0.15, -0.1) is 0 Å². The van der Waals surface area contributed by atoms with Crippen molar-refractivity contribution in [2.75, 3.05) is 38.7 Å². The summed E-state index contributed by atoms with van der Waals surface area (Å²) in [6.07, 6.45) is 6.46. The second-order valence-corrected chi connectivity index (χ2v) is 9.77. The van der Waals surface area contributed by atoms with Gasteiger partial charge in [-0.3, -0.25) is 4.98 Å². The van der Waals surface area contributed by atoms with Crippen molar-refractivity contribution in [1.29, 1.82) is 0 Å². The molecule has 0 radical (unpaired) electrons. The van der Waals surface area contributed by atoms with Gasteiger partial charge in [-0.1, -0.05) is 6.07 Å². The summed E-state index contributed by atoms with van der Waals surface area (Å²) < 4.78 is 16.8. The maximum absolute atomic E-state index is 13.0. The maximum Gasteiger partial charge on any atom is 0.350 e. The van der Waals surface area contributed by atoms with E-state index in [9.17, 15) is 9.59 Å². The molecule has 0 saturated carbocycles. The number of thioether (sulfide) groups is 1. The number of nitrogens with zero attached hydrogens (tertiary/aromatic N) is 2. The topological polar surface area (TPSA) is 78.0 Å². The number of piperidine rings is 1. The van der Waals surface area contributed by atoms with Crippen molar-refractivity contribution in [2.24, 2.45) is 5.92 Å². The van der Waals surface area contributed by atoms with Gasteiger partial charge in [0.2, 0.25) is 0 Å². The van der Waals surface area contributed by atoms with E-state index in [1.807, 2.05) is 18.3 Å². The molecule has 0 aliphatic carbocycles. The third-order valence-corrected chi connectivity index (χ3v) is 7.08. The molecule has 1 aromatic heterocycles. The van der Waals surface area contributed by atoms with E-state index in [1.165, 1.54) is 0 Å². The minimum atomic E-state index is -1.70. The molecule has 0 atom stereocenters. The zero-order chi connectivity index (χ0) is 24.1. The molecule has 0 unspecified atom stereocenters. The fourth-order valence-electron chi connectivity index (χ4n) is 3.97. The molecule has 0 aromatic carbocycles. The van der Waals surface area contributed by atoms with Crippen LogP contribution in [0.1, 0.15) is 58.9 Å². The van der Waals surface area contributed by atoms with Crippen molar-refractivity contribution in [2.45, 2.75) is 70.8 Å². The van der Waals surface area contributed by atoms with Gasteiger partial charge >= 0.3 is 11.9 Å². The molecule has 1 fully saturated rings.